The van der Waals surface area contributed by atoms with E-state index in [0.717, 1.165) is 36.2 Å². The molecule has 3 heterocycles. The van der Waals surface area contributed by atoms with Gasteiger partial charge in [0.15, 0.2) is 5.76 Å². The van der Waals surface area contributed by atoms with Crippen molar-refractivity contribution >= 4 is 16.9 Å². The van der Waals surface area contributed by atoms with Crippen LogP contribution in [0.25, 0.3) is 11.0 Å². The third kappa shape index (κ3) is 2.72. The maximum Gasteiger partial charge on any atom is 0.290 e. The Kier molecular flexibility index (Phi) is 4.29. The van der Waals surface area contributed by atoms with Gasteiger partial charge in [-0.1, -0.05) is 24.6 Å². The summed E-state index contributed by atoms with van der Waals surface area (Å²) in [5.41, 5.74) is 1.62. The highest BCUT2D eigenvalue weighted by atomic mass is 16.5. The number of para-hydroxylation sites is 1. The van der Waals surface area contributed by atoms with Crippen LogP contribution in [0.4, 0.5) is 0 Å². The Hall–Kier alpha value is -1.85. The van der Waals surface area contributed by atoms with Crippen LogP contribution < -0.4 is 0 Å². The van der Waals surface area contributed by atoms with Crippen molar-refractivity contribution in [1.29, 1.82) is 0 Å². The van der Waals surface area contributed by atoms with Crippen molar-refractivity contribution in [2.75, 3.05) is 33.3 Å². The summed E-state index contributed by atoms with van der Waals surface area (Å²) >= 11 is 0. The number of nitrogens with zero attached hydrogens (tertiary/aromatic N) is 2. The molecule has 2 aliphatic heterocycles. The lowest BCUT2D eigenvalue weighted by Gasteiger charge is -2.43. The Morgan fingerprint density at radius 3 is 3.00 bits per heavy atom. The average Bonchev–Trinajstić information content (AvgIpc) is 3.00. The molecule has 2 fully saturated rings. The summed E-state index contributed by atoms with van der Waals surface area (Å²) in [7, 11) is 1.65. The number of methoxy groups -OCH3 is 1. The fourth-order valence-corrected chi connectivity index (χ4v) is 4.04. The van der Waals surface area contributed by atoms with E-state index in [1.165, 1.54) is 25.8 Å². The number of carbonyl (C=O) groups excluding carboxylic acids is 1. The van der Waals surface area contributed by atoms with Gasteiger partial charge in [0.2, 0.25) is 0 Å². The van der Waals surface area contributed by atoms with Crippen LogP contribution >= 0.6 is 0 Å². The molecule has 24 heavy (non-hydrogen) atoms. The minimum Gasteiger partial charge on any atom is -0.451 e. The van der Waals surface area contributed by atoms with Crippen LogP contribution in [0.3, 0.4) is 0 Å². The van der Waals surface area contributed by atoms with Gasteiger partial charge >= 0.3 is 0 Å². The molecular formula is C19H24N2O3. The van der Waals surface area contributed by atoms with Crippen LogP contribution in [0.1, 0.15) is 35.4 Å². The average molecular weight is 328 g/mol. The van der Waals surface area contributed by atoms with Gasteiger partial charge in [-0.25, -0.2) is 0 Å². The van der Waals surface area contributed by atoms with E-state index in [9.17, 15) is 4.79 Å². The van der Waals surface area contributed by atoms with E-state index in [0.29, 0.717) is 18.4 Å². The van der Waals surface area contributed by atoms with Crippen LogP contribution in [-0.4, -0.2) is 55.0 Å². The van der Waals surface area contributed by atoms with E-state index >= 15 is 0 Å². The summed E-state index contributed by atoms with van der Waals surface area (Å²) in [5, 5.41) is 0.971. The number of furan rings is 1. The minimum absolute atomic E-state index is 0.00322. The molecule has 0 unspecified atom stereocenters. The maximum atomic E-state index is 13.1. The zero-order valence-electron chi connectivity index (χ0n) is 14.2. The van der Waals surface area contributed by atoms with Crippen molar-refractivity contribution < 1.29 is 13.9 Å². The molecule has 0 aliphatic carbocycles. The number of piperidine rings is 1. The SMILES string of the molecule is COCc1c(C(=O)N2CCN3CCCC[C@@H]3C2)oc2ccccc12. The molecule has 0 radical (unpaired) electrons. The van der Waals surface area contributed by atoms with Gasteiger partial charge in [0.05, 0.1) is 6.61 Å². The molecule has 4 rings (SSSR count). The first kappa shape index (κ1) is 15.7. The fraction of sp³-hybridized carbons (Fsp3) is 0.526. The van der Waals surface area contributed by atoms with Gasteiger partial charge in [0.1, 0.15) is 5.58 Å². The molecular weight excluding hydrogens is 304 g/mol. The molecule has 0 N–H and O–H groups in total. The van der Waals surface area contributed by atoms with Crippen LogP contribution in [0.5, 0.6) is 0 Å². The Morgan fingerprint density at radius 2 is 2.12 bits per heavy atom. The predicted molar refractivity (Wildman–Crippen MR) is 92.0 cm³/mol. The van der Waals surface area contributed by atoms with E-state index in [1.807, 2.05) is 29.2 Å². The third-order valence-electron chi connectivity index (χ3n) is 5.31. The van der Waals surface area contributed by atoms with Crippen LogP contribution in [0.2, 0.25) is 0 Å². The summed E-state index contributed by atoms with van der Waals surface area (Å²) in [6.45, 7) is 4.12. The number of benzene rings is 1. The van der Waals surface area contributed by atoms with Crippen molar-refractivity contribution in [3.63, 3.8) is 0 Å². The molecule has 1 aromatic carbocycles. The van der Waals surface area contributed by atoms with Gasteiger partial charge in [-0.15, -0.1) is 0 Å². The van der Waals surface area contributed by atoms with E-state index in [-0.39, 0.29) is 5.91 Å². The summed E-state index contributed by atoms with van der Waals surface area (Å²) in [4.78, 5) is 17.6. The Labute approximate surface area is 142 Å². The molecule has 5 nitrogen and oxygen atoms in total. The summed E-state index contributed by atoms with van der Waals surface area (Å²) in [6, 6.07) is 8.29. The quantitative estimate of drug-likeness (QED) is 0.869. The van der Waals surface area contributed by atoms with E-state index in [2.05, 4.69) is 4.90 Å². The molecule has 1 atom stereocenters. The fourth-order valence-electron chi connectivity index (χ4n) is 4.04. The van der Waals surface area contributed by atoms with E-state index in [4.69, 9.17) is 9.15 Å². The second-order valence-corrected chi connectivity index (χ2v) is 6.78. The third-order valence-corrected chi connectivity index (χ3v) is 5.31. The first-order chi connectivity index (χ1) is 11.8. The number of ether oxygens (including phenoxy) is 1. The number of amides is 1. The summed E-state index contributed by atoms with van der Waals surface area (Å²) < 4.78 is 11.2. The molecule has 0 spiro atoms. The Bertz CT molecular complexity index is 739. The van der Waals surface area contributed by atoms with Gasteiger partial charge in [-0.2, -0.15) is 0 Å². The number of rotatable bonds is 3. The molecule has 1 aromatic heterocycles. The number of fused-ring (bicyclic) bond motifs is 2. The lowest BCUT2D eigenvalue weighted by Crippen LogP contribution is -2.56. The highest BCUT2D eigenvalue weighted by Crippen LogP contribution is 2.29. The standard InChI is InChI=1S/C19H24N2O3/c1-23-13-16-15-7-2-3-8-17(15)24-18(16)19(22)21-11-10-20-9-5-4-6-14(20)12-21/h2-3,7-8,14H,4-6,9-13H2,1H3/t14-/m1/s1. The largest absolute Gasteiger partial charge is 0.451 e. The van der Waals surface area contributed by atoms with Gasteiger partial charge < -0.3 is 14.1 Å². The zero-order valence-corrected chi connectivity index (χ0v) is 14.2. The lowest BCUT2D eigenvalue weighted by molar-refractivity contribution is 0.0348. The topological polar surface area (TPSA) is 45.9 Å². The minimum atomic E-state index is 0.00322. The van der Waals surface area contributed by atoms with Crippen molar-refractivity contribution in [2.24, 2.45) is 0 Å². The summed E-state index contributed by atoms with van der Waals surface area (Å²) in [6.07, 6.45) is 3.74. The van der Waals surface area contributed by atoms with Gasteiger partial charge in [-0.05, 0) is 25.5 Å². The second kappa shape index (κ2) is 6.57. The van der Waals surface area contributed by atoms with Crippen molar-refractivity contribution in [3.8, 4) is 0 Å². The van der Waals surface area contributed by atoms with E-state index in [1.54, 1.807) is 7.11 Å². The molecule has 0 bridgehead atoms. The van der Waals surface area contributed by atoms with Crippen molar-refractivity contribution in [1.82, 2.24) is 9.80 Å². The number of carbonyl (C=O) groups is 1. The Balaban J connectivity index is 1.62. The van der Waals surface area contributed by atoms with Gasteiger partial charge in [0, 0.05) is 43.7 Å². The smallest absolute Gasteiger partial charge is 0.290 e. The Morgan fingerprint density at radius 1 is 1.25 bits per heavy atom. The second-order valence-electron chi connectivity index (χ2n) is 6.78. The molecule has 2 aromatic rings. The monoisotopic (exact) mass is 328 g/mol. The normalized spacial score (nSPS) is 21.9. The highest BCUT2D eigenvalue weighted by Gasteiger charge is 2.33. The van der Waals surface area contributed by atoms with Gasteiger partial charge in [0.25, 0.3) is 5.91 Å². The molecule has 128 valence electrons. The predicted octanol–water partition coefficient (Wildman–Crippen LogP) is 2.89. The number of hydrogen-bond acceptors (Lipinski definition) is 4. The number of piperazine rings is 1. The molecule has 2 saturated heterocycles. The van der Waals surface area contributed by atoms with Crippen molar-refractivity contribution in [2.45, 2.75) is 31.9 Å². The van der Waals surface area contributed by atoms with Crippen molar-refractivity contribution in [3.05, 3.63) is 35.6 Å². The lowest BCUT2D eigenvalue weighted by atomic mass is 9.99. The highest BCUT2D eigenvalue weighted by molar-refractivity contribution is 5.99. The molecule has 0 saturated carbocycles. The molecule has 1 amide bonds. The molecule has 2 aliphatic rings. The van der Waals surface area contributed by atoms with Crippen LogP contribution in [-0.2, 0) is 11.3 Å². The number of hydrogen-bond donors (Lipinski definition) is 0. The van der Waals surface area contributed by atoms with Crippen LogP contribution in [0, 0.1) is 0 Å². The first-order valence-corrected chi connectivity index (χ1v) is 8.80. The van der Waals surface area contributed by atoms with Gasteiger partial charge in [-0.3, -0.25) is 9.69 Å². The van der Waals surface area contributed by atoms with E-state index < -0.39 is 0 Å². The summed E-state index contributed by atoms with van der Waals surface area (Å²) in [5.74, 6) is 0.450. The molecule has 5 heteroatoms. The first-order valence-electron chi connectivity index (χ1n) is 8.80. The maximum absolute atomic E-state index is 13.1. The zero-order chi connectivity index (χ0) is 16.5. The van der Waals surface area contributed by atoms with Crippen LogP contribution in [0.15, 0.2) is 28.7 Å².